The van der Waals surface area contributed by atoms with Gasteiger partial charge in [0.2, 0.25) is 0 Å². The molecule has 6 nitrogen and oxygen atoms in total. The first-order chi connectivity index (χ1) is 11.1. The molecule has 0 radical (unpaired) electrons. The Balaban J connectivity index is 1.75. The SMILES string of the molecule is COC(=O)c1cc(-c2ccc(C(=O)N3CC[C@@H](O)C3)cc2)c[nH]1. The Labute approximate surface area is 133 Å². The molecule has 0 bridgehead atoms. The van der Waals surface area contributed by atoms with Gasteiger partial charge in [0.25, 0.3) is 5.91 Å². The first-order valence-corrected chi connectivity index (χ1v) is 7.43. The predicted molar refractivity (Wildman–Crippen MR) is 84.1 cm³/mol. The van der Waals surface area contributed by atoms with E-state index < -0.39 is 12.1 Å². The summed E-state index contributed by atoms with van der Waals surface area (Å²) in [5.74, 6) is -0.493. The van der Waals surface area contributed by atoms with Gasteiger partial charge < -0.3 is 19.7 Å². The van der Waals surface area contributed by atoms with Gasteiger partial charge >= 0.3 is 5.97 Å². The zero-order valence-electron chi connectivity index (χ0n) is 12.8. The Morgan fingerprint density at radius 1 is 1.26 bits per heavy atom. The van der Waals surface area contributed by atoms with Gasteiger partial charge in [0, 0.05) is 24.8 Å². The van der Waals surface area contributed by atoms with E-state index >= 15 is 0 Å². The minimum Gasteiger partial charge on any atom is -0.464 e. The number of hydrogen-bond donors (Lipinski definition) is 2. The number of amides is 1. The molecule has 1 atom stereocenters. The number of H-pyrrole nitrogens is 1. The second-order valence-electron chi connectivity index (χ2n) is 5.56. The van der Waals surface area contributed by atoms with E-state index in [1.165, 1.54) is 7.11 Å². The highest BCUT2D eigenvalue weighted by molar-refractivity contribution is 5.95. The van der Waals surface area contributed by atoms with Crippen molar-refractivity contribution in [3.8, 4) is 11.1 Å². The summed E-state index contributed by atoms with van der Waals surface area (Å²) >= 11 is 0. The summed E-state index contributed by atoms with van der Waals surface area (Å²) in [7, 11) is 1.33. The number of aromatic amines is 1. The van der Waals surface area contributed by atoms with Crippen LogP contribution in [0.25, 0.3) is 11.1 Å². The highest BCUT2D eigenvalue weighted by Gasteiger charge is 2.25. The van der Waals surface area contributed by atoms with Crippen LogP contribution in [0.4, 0.5) is 0 Å². The van der Waals surface area contributed by atoms with Crippen molar-refractivity contribution >= 4 is 11.9 Å². The lowest BCUT2D eigenvalue weighted by atomic mass is 10.1. The van der Waals surface area contributed by atoms with Gasteiger partial charge in [0.15, 0.2) is 0 Å². The first kappa shape index (κ1) is 15.3. The van der Waals surface area contributed by atoms with Crippen LogP contribution in [0.5, 0.6) is 0 Å². The summed E-state index contributed by atoms with van der Waals surface area (Å²) in [5.41, 5.74) is 2.72. The summed E-state index contributed by atoms with van der Waals surface area (Å²) in [6, 6.07) is 8.90. The standard InChI is InChI=1S/C17H18N2O4/c1-23-17(22)15-8-13(9-18-15)11-2-4-12(5-3-11)16(21)19-7-6-14(20)10-19/h2-5,8-9,14,18,20H,6-7,10H2,1H3/t14-/m1/s1. The van der Waals surface area contributed by atoms with Crippen LogP contribution in [-0.2, 0) is 4.74 Å². The minimum atomic E-state index is -0.421. The van der Waals surface area contributed by atoms with Gasteiger partial charge in [-0.25, -0.2) is 4.79 Å². The maximum absolute atomic E-state index is 12.3. The fraction of sp³-hybridized carbons (Fsp3) is 0.294. The summed E-state index contributed by atoms with van der Waals surface area (Å²) in [6.07, 6.45) is 1.93. The summed E-state index contributed by atoms with van der Waals surface area (Å²) in [4.78, 5) is 28.3. The van der Waals surface area contributed by atoms with Crippen molar-refractivity contribution in [1.29, 1.82) is 0 Å². The molecule has 1 aliphatic rings. The smallest absolute Gasteiger partial charge is 0.354 e. The third-order valence-corrected chi connectivity index (χ3v) is 4.00. The lowest BCUT2D eigenvalue weighted by Crippen LogP contribution is -2.29. The molecule has 23 heavy (non-hydrogen) atoms. The lowest BCUT2D eigenvalue weighted by molar-refractivity contribution is 0.0594. The van der Waals surface area contributed by atoms with Crippen LogP contribution in [0.15, 0.2) is 36.5 Å². The van der Waals surface area contributed by atoms with Gasteiger partial charge in [-0.05, 0) is 35.7 Å². The molecular weight excluding hydrogens is 296 g/mol. The van der Waals surface area contributed by atoms with Crippen molar-refractivity contribution in [2.24, 2.45) is 0 Å². The van der Waals surface area contributed by atoms with Gasteiger partial charge in [-0.15, -0.1) is 0 Å². The van der Waals surface area contributed by atoms with Crippen molar-refractivity contribution in [3.63, 3.8) is 0 Å². The summed E-state index contributed by atoms with van der Waals surface area (Å²) in [6.45, 7) is 0.975. The number of nitrogens with zero attached hydrogens (tertiary/aromatic N) is 1. The van der Waals surface area contributed by atoms with Crippen LogP contribution in [0.1, 0.15) is 27.3 Å². The second kappa shape index (κ2) is 6.26. The van der Waals surface area contributed by atoms with Crippen LogP contribution >= 0.6 is 0 Å². The molecule has 2 aromatic rings. The van der Waals surface area contributed by atoms with Crippen molar-refractivity contribution in [2.45, 2.75) is 12.5 Å². The number of carbonyl (C=O) groups is 2. The monoisotopic (exact) mass is 314 g/mol. The van der Waals surface area contributed by atoms with Gasteiger partial charge in [-0.2, -0.15) is 0 Å². The molecule has 3 rings (SSSR count). The van der Waals surface area contributed by atoms with Crippen LogP contribution in [-0.4, -0.2) is 53.2 Å². The van der Waals surface area contributed by atoms with Crippen molar-refractivity contribution in [1.82, 2.24) is 9.88 Å². The highest BCUT2D eigenvalue weighted by Crippen LogP contribution is 2.22. The molecule has 1 aliphatic heterocycles. The Hall–Kier alpha value is -2.60. The van der Waals surface area contributed by atoms with Crippen LogP contribution in [0.2, 0.25) is 0 Å². The minimum absolute atomic E-state index is 0.0718. The molecule has 2 N–H and O–H groups in total. The Morgan fingerprint density at radius 3 is 2.61 bits per heavy atom. The van der Waals surface area contributed by atoms with E-state index in [1.807, 2.05) is 12.1 Å². The third-order valence-electron chi connectivity index (χ3n) is 4.00. The Kier molecular flexibility index (Phi) is 4.16. The number of carbonyl (C=O) groups excluding carboxylic acids is 2. The largest absolute Gasteiger partial charge is 0.464 e. The van der Waals surface area contributed by atoms with Crippen LogP contribution in [0.3, 0.4) is 0 Å². The average molecular weight is 314 g/mol. The van der Waals surface area contributed by atoms with Crippen molar-refractivity contribution in [3.05, 3.63) is 47.8 Å². The maximum Gasteiger partial charge on any atom is 0.354 e. The van der Waals surface area contributed by atoms with E-state index in [9.17, 15) is 14.7 Å². The number of ether oxygens (including phenoxy) is 1. The van der Waals surface area contributed by atoms with E-state index in [-0.39, 0.29) is 5.91 Å². The molecule has 1 aromatic heterocycles. The van der Waals surface area contributed by atoms with Gasteiger partial charge in [-0.1, -0.05) is 12.1 Å². The number of methoxy groups -OCH3 is 1. The van der Waals surface area contributed by atoms with Crippen molar-refractivity contribution in [2.75, 3.05) is 20.2 Å². The molecule has 2 heterocycles. The fourth-order valence-electron chi connectivity index (χ4n) is 2.70. The van der Waals surface area contributed by atoms with E-state index in [0.717, 1.165) is 11.1 Å². The number of rotatable bonds is 3. The number of nitrogens with one attached hydrogen (secondary N) is 1. The molecule has 1 fully saturated rings. The lowest BCUT2D eigenvalue weighted by Gasteiger charge is -2.15. The number of benzene rings is 1. The Bertz CT molecular complexity index is 720. The zero-order valence-corrected chi connectivity index (χ0v) is 12.8. The van der Waals surface area contributed by atoms with E-state index in [1.54, 1.807) is 29.3 Å². The molecule has 6 heteroatoms. The van der Waals surface area contributed by atoms with Crippen LogP contribution in [0, 0.1) is 0 Å². The topological polar surface area (TPSA) is 82.6 Å². The normalized spacial score (nSPS) is 17.3. The highest BCUT2D eigenvalue weighted by atomic mass is 16.5. The molecule has 1 saturated heterocycles. The average Bonchev–Trinajstić information content (AvgIpc) is 3.23. The van der Waals surface area contributed by atoms with Crippen molar-refractivity contribution < 1.29 is 19.4 Å². The zero-order chi connectivity index (χ0) is 16.4. The first-order valence-electron chi connectivity index (χ1n) is 7.43. The van der Waals surface area contributed by atoms with Gasteiger partial charge in [-0.3, -0.25) is 4.79 Å². The van der Waals surface area contributed by atoms with Gasteiger partial charge in [0.1, 0.15) is 5.69 Å². The maximum atomic E-state index is 12.3. The number of aliphatic hydroxyl groups is 1. The molecule has 120 valence electrons. The summed E-state index contributed by atoms with van der Waals surface area (Å²) < 4.78 is 4.66. The van der Waals surface area contributed by atoms with Gasteiger partial charge in [0.05, 0.1) is 13.2 Å². The molecule has 0 saturated carbocycles. The number of aliphatic hydroxyl groups excluding tert-OH is 1. The number of aromatic nitrogens is 1. The predicted octanol–water partition coefficient (Wildman–Crippen LogP) is 1.68. The molecule has 0 aliphatic carbocycles. The van der Waals surface area contributed by atoms with Crippen LogP contribution < -0.4 is 0 Å². The quantitative estimate of drug-likeness (QED) is 0.844. The van der Waals surface area contributed by atoms with E-state index in [4.69, 9.17) is 0 Å². The molecule has 0 spiro atoms. The number of hydrogen-bond acceptors (Lipinski definition) is 4. The molecule has 1 amide bonds. The molecular formula is C17H18N2O4. The second-order valence-corrected chi connectivity index (χ2v) is 5.56. The number of esters is 1. The number of β-amino-alcohol motifs (C(OH)–C–C–N with tert-alkyl or cyclic N) is 1. The van der Waals surface area contributed by atoms with E-state index in [0.29, 0.717) is 30.8 Å². The Morgan fingerprint density at radius 2 is 2.00 bits per heavy atom. The third kappa shape index (κ3) is 3.12. The summed E-state index contributed by atoms with van der Waals surface area (Å²) in [5, 5.41) is 9.52. The molecule has 1 aromatic carbocycles. The molecule has 0 unspecified atom stereocenters. The fourth-order valence-corrected chi connectivity index (χ4v) is 2.70. The number of likely N-dealkylation sites (tertiary alicyclic amines) is 1. The van der Waals surface area contributed by atoms with E-state index in [2.05, 4.69) is 9.72 Å².